The fourth-order valence-corrected chi connectivity index (χ4v) is 3.75. The Balaban J connectivity index is 1.72. The summed E-state index contributed by atoms with van der Waals surface area (Å²) >= 11 is 0. The standard InChI is InChI=1S/C26H30N6O5/c1-26(2,3)37-25(34)31(4)15-22(33)32(16-10-8-7-9-11-16)19-14-27-30-23(19)24-28-17-12-20(35-5)21(36-6)13-18(17)29-24/h7-14H,15H2,1-6H3,(H,27,30)(H,28,29). The van der Waals surface area contributed by atoms with Crippen molar-refractivity contribution in [2.75, 3.05) is 32.7 Å². The van der Waals surface area contributed by atoms with Gasteiger partial charge in [0.2, 0.25) is 0 Å². The molecule has 2 aromatic carbocycles. The maximum absolute atomic E-state index is 13.6. The minimum absolute atomic E-state index is 0.219. The molecule has 0 saturated heterocycles. The summed E-state index contributed by atoms with van der Waals surface area (Å²) in [6, 6.07) is 12.7. The van der Waals surface area contributed by atoms with E-state index in [9.17, 15) is 9.59 Å². The molecular weight excluding hydrogens is 476 g/mol. The van der Waals surface area contributed by atoms with Crippen LogP contribution in [0.4, 0.5) is 16.2 Å². The van der Waals surface area contributed by atoms with Gasteiger partial charge in [-0.25, -0.2) is 9.78 Å². The summed E-state index contributed by atoms with van der Waals surface area (Å²) in [6.07, 6.45) is 1.02. The molecule has 0 atom stereocenters. The number of imidazole rings is 1. The Morgan fingerprint density at radius 2 is 1.70 bits per heavy atom. The number of carbonyl (C=O) groups excluding carboxylic acids is 2. The van der Waals surface area contributed by atoms with Crippen molar-refractivity contribution in [1.29, 1.82) is 0 Å². The molecule has 2 heterocycles. The van der Waals surface area contributed by atoms with Gasteiger partial charge in [-0.2, -0.15) is 5.10 Å². The number of amides is 2. The number of anilines is 2. The summed E-state index contributed by atoms with van der Waals surface area (Å²) in [5, 5.41) is 7.22. The van der Waals surface area contributed by atoms with Gasteiger partial charge in [0.05, 0.1) is 30.9 Å². The van der Waals surface area contributed by atoms with Crippen molar-refractivity contribution in [3.8, 4) is 23.0 Å². The normalized spacial score (nSPS) is 11.3. The average molecular weight is 507 g/mol. The molecule has 0 spiro atoms. The number of ether oxygens (including phenoxy) is 3. The third-order valence-corrected chi connectivity index (χ3v) is 5.41. The largest absolute Gasteiger partial charge is 0.493 e. The van der Waals surface area contributed by atoms with Crippen molar-refractivity contribution in [3.05, 3.63) is 48.7 Å². The van der Waals surface area contributed by atoms with Gasteiger partial charge >= 0.3 is 6.09 Å². The van der Waals surface area contributed by atoms with E-state index in [1.165, 1.54) is 16.8 Å². The quantitative estimate of drug-likeness (QED) is 0.378. The second-order valence-electron chi connectivity index (χ2n) is 9.33. The Bertz CT molecular complexity index is 1370. The molecule has 4 rings (SSSR count). The summed E-state index contributed by atoms with van der Waals surface area (Å²) in [7, 11) is 4.64. The van der Waals surface area contributed by atoms with E-state index in [0.717, 1.165) is 0 Å². The molecule has 11 nitrogen and oxygen atoms in total. The van der Waals surface area contributed by atoms with E-state index < -0.39 is 11.7 Å². The lowest BCUT2D eigenvalue weighted by Crippen LogP contribution is -2.41. The van der Waals surface area contributed by atoms with Crippen LogP contribution in [0.3, 0.4) is 0 Å². The van der Waals surface area contributed by atoms with Gasteiger partial charge in [0.25, 0.3) is 5.91 Å². The van der Waals surface area contributed by atoms with Crippen LogP contribution in [0.15, 0.2) is 48.7 Å². The zero-order valence-electron chi connectivity index (χ0n) is 21.7. The van der Waals surface area contributed by atoms with Crippen molar-refractivity contribution in [2.24, 2.45) is 0 Å². The van der Waals surface area contributed by atoms with E-state index in [2.05, 4.69) is 20.2 Å². The second-order valence-corrected chi connectivity index (χ2v) is 9.33. The molecule has 0 unspecified atom stereocenters. The minimum atomic E-state index is -0.683. The fourth-order valence-electron chi connectivity index (χ4n) is 3.75. The Hall–Kier alpha value is -4.54. The van der Waals surface area contributed by atoms with Crippen LogP contribution in [0.1, 0.15) is 20.8 Å². The number of benzene rings is 2. The molecule has 0 aliphatic carbocycles. The molecule has 4 aromatic rings. The first kappa shape index (κ1) is 25.5. The molecule has 194 valence electrons. The van der Waals surface area contributed by atoms with Crippen LogP contribution in [0.25, 0.3) is 22.6 Å². The smallest absolute Gasteiger partial charge is 0.410 e. The number of fused-ring (bicyclic) bond motifs is 1. The topological polar surface area (TPSA) is 126 Å². The molecule has 37 heavy (non-hydrogen) atoms. The highest BCUT2D eigenvalue weighted by Gasteiger charge is 2.28. The van der Waals surface area contributed by atoms with Gasteiger partial charge in [-0.15, -0.1) is 0 Å². The number of hydrogen-bond donors (Lipinski definition) is 2. The number of nitrogens with one attached hydrogen (secondary N) is 2. The number of carbonyl (C=O) groups is 2. The highest BCUT2D eigenvalue weighted by atomic mass is 16.6. The monoisotopic (exact) mass is 506 g/mol. The van der Waals surface area contributed by atoms with Crippen molar-refractivity contribution in [3.63, 3.8) is 0 Å². The number of H-pyrrole nitrogens is 2. The second kappa shape index (κ2) is 10.2. The molecular formula is C26H30N6O5. The predicted molar refractivity (Wildman–Crippen MR) is 139 cm³/mol. The third-order valence-electron chi connectivity index (χ3n) is 5.41. The SMILES string of the molecule is COc1cc2nc(-c3n[nH]cc3N(C(=O)CN(C)C(=O)OC(C)(C)C)c3ccccc3)[nH]c2cc1OC. The summed E-state index contributed by atoms with van der Waals surface area (Å²) < 4.78 is 16.2. The number of aromatic amines is 2. The number of rotatable bonds is 7. The first-order valence-corrected chi connectivity index (χ1v) is 11.6. The van der Waals surface area contributed by atoms with Crippen LogP contribution in [-0.4, -0.2) is 70.5 Å². The lowest BCUT2D eigenvalue weighted by atomic mass is 10.2. The molecule has 11 heteroatoms. The number of para-hydroxylation sites is 1. The predicted octanol–water partition coefficient (Wildman–Crippen LogP) is 4.50. The molecule has 0 radical (unpaired) electrons. The van der Waals surface area contributed by atoms with Crippen molar-refractivity contribution in [2.45, 2.75) is 26.4 Å². The molecule has 2 N–H and O–H groups in total. The zero-order chi connectivity index (χ0) is 26.7. The lowest BCUT2D eigenvalue weighted by molar-refractivity contribution is -0.118. The number of aromatic nitrogens is 4. The van der Waals surface area contributed by atoms with Gasteiger partial charge in [-0.3, -0.25) is 14.8 Å². The molecule has 0 saturated carbocycles. The minimum Gasteiger partial charge on any atom is -0.493 e. The average Bonchev–Trinajstić information content (AvgIpc) is 3.49. The summed E-state index contributed by atoms with van der Waals surface area (Å²) in [5.41, 5.74) is 2.16. The number of methoxy groups -OCH3 is 2. The molecule has 0 bridgehead atoms. The van der Waals surface area contributed by atoms with Gasteiger partial charge < -0.3 is 24.1 Å². The highest BCUT2D eigenvalue weighted by molar-refractivity contribution is 6.05. The Morgan fingerprint density at radius 1 is 1.03 bits per heavy atom. The van der Waals surface area contributed by atoms with E-state index in [1.54, 1.807) is 65.5 Å². The maximum atomic E-state index is 13.6. The van der Waals surface area contributed by atoms with Crippen LogP contribution in [0.5, 0.6) is 11.5 Å². The summed E-state index contributed by atoms with van der Waals surface area (Å²) in [5.74, 6) is 1.18. The van der Waals surface area contributed by atoms with Gasteiger partial charge in [0, 0.05) is 31.1 Å². The first-order chi connectivity index (χ1) is 17.6. The van der Waals surface area contributed by atoms with Gasteiger partial charge in [-0.1, -0.05) is 18.2 Å². The molecule has 2 amide bonds. The summed E-state index contributed by atoms with van der Waals surface area (Å²) in [4.78, 5) is 36.8. The van der Waals surface area contributed by atoms with Crippen LogP contribution in [-0.2, 0) is 9.53 Å². The van der Waals surface area contributed by atoms with E-state index in [4.69, 9.17) is 14.2 Å². The van der Waals surface area contributed by atoms with Crippen LogP contribution < -0.4 is 14.4 Å². The van der Waals surface area contributed by atoms with Crippen molar-refractivity contribution < 1.29 is 23.8 Å². The van der Waals surface area contributed by atoms with Gasteiger partial charge in [-0.05, 0) is 32.9 Å². The van der Waals surface area contributed by atoms with E-state index in [-0.39, 0.29) is 12.5 Å². The molecule has 0 aliphatic rings. The maximum Gasteiger partial charge on any atom is 0.410 e. The Labute approximate surface area is 214 Å². The number of hydrogen-bond acceptors (Lipinski definition) is 7. The van der Waals surface area contributed by atoms with Crippen molar-refractivity contribution in [1.82, 2.24) is 25.1 Å². The summed E-state index contributed by atoms with van der Waals surface area (Å²) in [6.45, 7) is 5.09. The van der Waals surface area contributed by atoms with Gasteiger partial charge in [0.15, 0.2) is 23.0 Å². The van der Waals surface area contributed by atoms with E-state index in [1.807, 2.05) is 18.2 Å². The van der Waals surface area contributed by atoms with E-state index >= 15 is 0 Å². The molecule has 0 fully saturated rings. The number of likely N-dealkylation sites (N-methyl/N-ethyl adjacent to an activating group) is 1. The lowest BCUT2D eigenvalue weighted by Gasteiger charge is -2.27. The Kier molecular flexibility index (Phi) is 7.05. The fraction of sp³-hybridized carbons (Fsp3) is 0.308. The molecule has 2 aromatic heterocycles. The Morgan fingerprint density at radius 3 is 2.35 bits per heavy atom. The van der Waals surface area contributed by atoms with Crippen LogP contribution in [0.2, 0.25) is 0 Å². The zero-order valence-corrected chi connectivity index (χ0v) is 21.7. The van der Waals surface area contributed by atoms with Crippen molar-refractivity contribution >= 4 is 34.4 Å². The first-order valence-electron chi connectivity index (χ1n) is 11.6. The van der Waals surface area contributed by atoms with Crippen LogP contribution >= 0.6 is 0 Å². The number of nitrogens with zero attached hydrogens (tertiary/aromatic N) is 4. The molecule has 0 aliphatic heterocycles. The van der Waals surface area contributed by atoms with E-state index in [0.29, 0.717) is 45.4 Å². The highest BCUT2D eigenvalue weighted by Crippen LogP contribution is 2.36. The van der Waals surface area contributed by atoms with Crippen LogP contribution in [0, 0.1) is 0 Å². The van der Waals surface area contributed by atoms with Gasteiger partial charge in [0.1, 0.15) is 12.1 Å². The third kappa shape index (κ3) is 5.50.